The molecule has 0 spiro atoms. The van der Waals surface area contributed by atoms with Gasteiger partial charge in [-0.25, -0.2) is 8.42 Å². The van der Waals surface area contributed by atoms with E-state index in [0.717, 1.165) is 30.4 Å². The van der Waals surface area contributed by atoms with Crippen LogP contribution >= 0.6 is 0 Å². The van der Waals surface area contributed by atoms with Gasteiger partial charge in [-0.05, 0) is 50.7 Å². The zero-order valence-corrected chi connectivity index (χ0v) is 18.6. The van der Waals surface area contributed by atoms with Crippen LogP contribution in [0, 0.1) is 0 Å². The Balaban J connectivity index is 1.77. The first-order valence-electron chi connectivity index (χ1n) is 10.9. The molecule has 162 valence electrons. The Hall–Kier alpha value is -2.86. The summed E-state index contributed by atoms with van der Waals surface area (Å²) in [7, 11) is -3.99. The smallest absolute Gasteiger partial charge is 0.270 e. The molecule has 2 aromatic carbocycles. The van der Waals surface area contributed by atoms with Crippen LogP contribution in [0.4, 0.5) is 5.69 Å². The molecule has 0 aromatic heterocycles. The summed E-state index contributed by atoms with van der Waals surface area (Å²) >= 11 is 0. The predicted molar refractivity (Wildman–Crippen MR) is 125 cm³/mol. The van der Waals surface area contributed by atoms with Gasteiger partial charge in [-0.2, -0.15) is 0 Å². The summed E-state index contributed by atoms with van der Waals surface area (Å²) in [5.41, 5.74) is 3.89. The summed E-state index contributed by atoms with van der Waals surface area (Å²) < 4.78 is 28.5. The van der Waals surface area contributed by atoms with E-state index >= 15 is 0 Å². The minimum absolute atomic E-state index is 0.170. The van der Waals surface area contributed by atoms with Crippen LogP contribution in [0.1, 0.15) is 50.2 Å². The molecule has 0 bridgehead atoms. The first-order chi connectivity index (χ1) is 15.0. The number of nitrogens with zero attached hydrogens (tertiary/aromatic N) is 1. The van der Waals surface area contributed by atoms with E-state index in [-0.39, 0.29) is 11.4 Å². The lowest BCUT2D eigenvalue weighted by molar-refractivity contribution is -0.116. The number of amides is 1. The highest BCUT2D eigenvalue weighted by atomic mass is 32.2. The molecule has 2 aliphatic rings. The number of benzene rings is 2. The second-order valence-electron chi connectivity index (χ2n) is 7.87. The van der Waals surface area contributed by atoms with E-state index in [9.17, 15) is 13.2 Å². The maximum Gasteiger partial charge on any atom is 0.270 e. The number of carbonyl (C=O) groups is 1. The van der Waals surface area contributed by atoms with Gasteiger partial charge in [-0.15, -0.1) is 0 Å². The number of allylic oxidation sites excluding steroid dienone is 1. The monoisotopic (exact) mass is 436 g/mol. The quantitative estimate of drug-likeness (QED) is 0.672. The van der Waals surface area contributed by atoms with Crippen LogP contribution in [-0.4, -0.2) is 27.4 Å². The molecule has 1 N–H and O–H groups in total. The topological polar surface area (TPSA) is 66.5 Å². The van der Waals surface area contributed by atoms with E-state index in [1.807, 2.05) is 48.5 Å². The van der Waals surface area contributed by atoms with Crippen molar-refractivity contribution in [3.05, 3.63) is 82.3 Å². The second-order valence-corrected chi connectivity index (χ2v) is 9.67. The van der Waals surface area contributed by atoms with E-state index in [0.29, 0.717) is 17.8 Å². The molecule has 1 heterocycles. The fourth-order valence-electron chi connectivity index (χ4n) is 4.40. The van der Waals surface area contributed by atoms with Crippen molar-refractivity contribution >= 4 is 27.2 Å². The minimum atomic E-state index is -3.99. The molecule has 2 aromatic rings. The maximum atomic E-state index is 13.6. The summed E-state index contributed by atoms with van der Waals surface area (Å²) in [5.74, 6) is -0.539. The van der Waals surface area contributed by atoms with Crippen LogP contribution in [0.15, 0.2) is 71.2 Å². The third-order valence-electron chi connectivity index (χ3n) is 5.89. The van der Waals surface area contributed by atoms with E-state index in [4.69, 9.17) is 0 Å². The molecular formula is C25H28N2O3S. The Kier molecular flexibility index (Phi) is 6.28. The molecule has 31 heavy (non-hydrogen) atoms. The third-order valence-corrected chi connectivity index (χ3v) is 7.83. The van der Waals surface area contributed by atoms with Crippen molar-refractivity contribution in [2.24, 2.45) is 0 Å². The van der Waals surface area contributed by atoms with Crippen molar-refractivity contribution in [3.8, 4) is 0 Å². The van der Waals surface area contributed by atoms with Crippen LogP contribution in [-0.2, 0) is 14.8 Å². The summed E-state index contributed by atoms with van der Waals surface area (Å²) in [5, 5.41) is 2.89. The van der Waals surface area contributed by atoms with E-state index in [1.165, 1.54) is 22.7 Å². The van der Waals surface area contributed by atoms with Crippen molar-refractivity contribution in [1.82, 2.24) is 5.32 Å². The first-order valence-corrected chi connectivity index (χ1v) is 12.4. The van der Waals surface area contributed by atoms with Gasteiger partial charge < -0.3 is 5.32 Å². The highest BCUT2D eigenvalue weighted by Crippen LogP contribution is 2.42. The van der Waals surface area contributed by atoms with Gasteiger partial charge in [0, 0.05) is 24.2 Å². The molecule has 1 aliphatic carbocycles. The number of para-hydroxylation sites is 1. The number of nitrogens with one attached hydrogen (secondary N) is 1. The fraction of sp³-hybridized carbons (Fsp3) is 0.320. The average molecular weight is 437 g/mol. The average Bonchev–Trinajstić information content (AvgIpc) is 2.79. The van der Waals surface area contributed by atoms with Gasteiger partial charge in [0.2, 0.25) is 0 Å². The molecule has 5 nitrogen and oxygen atoms in total. The fourth-order valence-corrected chi connectivity index (χ4v) is 6.18. The van der Waals surface area contributed by atoms with Gasteiger partial charge in [0.15, 0.2) is 4.91 Å². The summed E-state index contributed by atoms with van der Waals surface area (Å²) in [6, 6.07) is 16.7. The molecule has 0 fully saturated rings. The third kappa shape index (κ3) is 4.17. The zero-order valence-electron chi connectivity index (χ0n) is 17.8. The zero-order chi connectivity index (χ0) is 21.8. The SMILES string of the molecule is CCN1c2ccccc2C(c2ccccc2)=C(C(=O)NCCC2=CCCCC2)S1(=O)=O. The Bertz CT molecular complexity index is 1130. The van der Waals surface area contributed by atoms with Crippen molar-refractivity contribution in [2.45, 2.75) is 39.0 Å². The second kappa shape index (κ2) is 9.10. The molecule has 0 atom stereocenters. The van der Waals surface area contributed by atoms with E-state index < -0.39 is 15.9 Å². The lowest BCUT2D eigenvalue weighted by Crippen LogP contribution is -2.41. The number of rotatable bonds is 6. The molecule has 6 heteroatoms. The lowest BCUT2D eigenvalue weighted by atomic mass is 9.95. The van der Waals surface area contributed by atoms with Crippen molar-refractivity contribution in [2.75, 3.05) is 17.4 Å². The van der Waals surface area contributed by atoms with Gasteiger partial charge in [0.1, 0.15) is 0 Å². The summed E-state index contributed by atoms with van der Waals surface area (Å²) in [4.78, 5) is 13.1. The highest BCUT2D eigenvalue weighted by Gasteiger charge is 2.40. The number of fused-ring (bicyclic) bond motifs is 1. The normalized spacial score (nSPS) is 17.7. The van der Waals surface area contributed by atoms with E-state index in [2.05, 4.69) is 11.4 Å². The van der Waals surface area contributed by atoms with Crippen LogP contribution in [0.2, 0.25) is 0 Å². The highest BCUT2D eigenvalue weighted by molar-refractivity contribution is 7.97. The summed E-state index contributed by atoms with van der Waals surface area (Å²) in [6.07, 6.45) is 7.55. The molecule has 4 rings (SSSR count). The van der Waals surface area contributed by atoms with Gasteiger partial charge >= 0.3 is 0 Å². The van der Waals surface area contributed by atoms with Crippen LogP contribution < -0.4 is 9.62 Å². The lowest BCUT2D eigenvalue weighted by Gasteiger charge is -2.32. The largest absolute Gasteiger partial charge is 0.351 e. The van der Waals surface area contributed by atoms with Gasteiger partial charge in [-0.3, -0.25) is 9.10 Å². The predicted octanol–water partition coefficient (Wildman–Crippen LogP) is 4.62. The molecule has 0 saturated carbocycles. The Labute approximate surface area is 184 Å². The Morgan fingerprint density at radius 1 is 1.03 bits per heavy atom. The van der Waals surface area contributed by atoms with Crippen molar-refractivity contribution in [3.63, 3.8) is 0 Å². The van der Waals surface area contributed by atoms with Crippen LogP contribution in [0.5, 0.6) is 0 Å². The number of hydrogen-bond acceptors (Lipinski definition) is 3. The maximum absolute atomic E-state index is 13.6. The van der Waals surface area contributed by atoms with Gasteiger partial charge in [0.05, 0.1) is 5.69 Å². The summed E-state index contributed by atoms with van der Waals surface area (Å²) in [6.45, 7) is 2.47. The van der Waals surface area contributed by atoms with Crippen LogP contribution in [0.3, 0.4) is 0 Å². The molecule has 0 radical (unpaired) electrons. The molecule has 0 saturated heterocycles. The standard InChI is InChI=1S/C25H28N2O3S/c1-2-27-22-16-10-9-15-21(22)23(20-13-7-4-8-14-20)24(31(27,29)30)25(28)26-18-17-19-11-5-3-6-12-19/h4,7-11,13-16H,2-3,5-6,12,17-18H2,1H3,(H,26,28). The van der Waals surface area contributed by atoms with Crippen molar-refractivity contribution in [1.29, 1.82) is 0 Å². The van der Waals surface area contributed by atoms with Crippen molar-refractivity contribution < 1.29 is 13.2 Å². The molecule has 1 amide bonds. The number of hydrogen-bond donors (Lipinski definition) is 1. The number of anilines is 1. The molecule has 1 aliphatic heterocycles. The molecule has 0 unspecified atom stereocenters. The number of sulfonamides is 1. The molecular weight excluding hydrogens is 408 g/mol. The van der Waals surface area contributed by atoms with E-state index in [1.54, 1.807) is 13.0 Å². The Morgan fingerprint density at radius 2 is 1.77 bits per heavy atom. The minimum Gasteiger partial charge on any atom is -0.351 e. The van der Waals surface area contributed by atoms with Crippen LogP contribution in [0.25, 0.3) is 5.57 Å². The van der Waals surface area contributed by atoms with Gasteiger partial charge in [-0.1, -0.05) is 60.2 Å². The number of carbonyl (C=O) groups excluding carboxylic acids is 1. The first kappa shape index (κ1) is 21.4. The van der Waals surface area contributed by atoms with Gasteiger partial charge in [0.25, 0.3) is 15.9 Å². The Morgan fingerprint density at radius 3 is 2.48 bits per heavy atom.